The fourth-order valence-corrected chi connectivity index (χ4v) is 2.86. The largest absolute Gasteiger partial charge is 0.495 e. The number of anilines is 2. The smallest absolute Gasteiger partial charge is 0.255 e. The van der Waals surface area contributed by atoms with Gasteiger partial charge in [0.25, 0.3) is 5.91 Å². The van der Waals surface area contributed by atoms with Crippen LogP contribution in [0.5, 0.6) is 5.75 Å². The molecule has 2 aromatic rings. The number of halogens is 1. The lowest BCUT2D eigenvalue weighted by Gasteiger charge is -2.12. The van der Waals surface area contributed by atoms with Crippen LogP contribution in [0.25, 0.3) is 0 Å². The highest BCUT2D eigenvalue weighted by atomic mass is 79.9. The summed E-state index contributed by atoms with van der Waals surface area (Å²) in [6.07, 6.45) is 1.04. The van der Waals surface area contributed by atoms with Crippen LogP contribution in [-0.4, -0.2) is 27.7 Å². The molecule has 2 rings (SSSR count). The van der Waals surface area contributed by atoms with Crippen molar-refractivity contribution in [1.82, 2.24) is 0 Å². The first-order chi connectivity index (χ1) is 10.8. The number of amides is 1. The molecule has 122 valence electrons. The highest BCUT2D eigenvalue weighted by Crippen LogP contribution is 2.28. The average molecular weight is 399 g/mol. The van der Waals surface area contributed by atoms with Crippen LogP contribution in [-0.2, 0) is 10.0 Å². The van der Waals surface area contributed by atoms with Crippen LogP contribution in [0.2, 0.25) is 0 Å². The Labute approximate surface area is 143 Å². The fraction of sp³-hybridized carbons (Fsp3) is 0.133. The molecule has 0 heterocycles. The molecule has 6 nitrogen and oxygen atoms in total. The van der Waals surface area contributed by atoms with Gasteiger partial charge in [0.15, 0.2) is 0 Å². The van der Waals surface area contributed by atoms with Crippen LogP contribution in [0.3, 0.4) is 0 Å². The van der Waals surface area contributed by atoms with Crippen LogP contribution in [0.15, 0.2) is 46.9 Å². The molecule has 0 saturated carbocycles. The topological polar surface area (TPSA) is 84.5 Å². The molecule has 0 atom stereocenters. The molecule has 0 radical (unpaired) electrons. The summed E-state index contributed by atoms with van der Waals surface area (Å²) in [6, 6.07) is 11.6. The van der Waals surface area contributed by atoms with E-state index in [0.717, 1.165) is 10.7 Å². The van der Waals surface area contributed by atoms with Crippen molar-refractivity contribution in [3.05, 3.63) is 52.5 Å². The molecule has 0 fully saturated rings. The summed E-state index contributed by atoms with van der Waals surface area (Å²) in [7, 11) is -2.03. The van der Waals surface area contributed by atoms with Crippen molar-refractivity contribution in [1.29, 1.82) is 0 Å². The van der Waals surface area contributed by atoms with Gasteiger partial charge in [0.1, 0.15) is 5.75 Å². The van der Waals surface area contributed by atoms with Gasteiger partial charge in [0, 0.05) is 15.7 Å². The van der Waals surface area contributed by atoms with E-state index >= 15 is 0 Å². The molecule has 8 heteroatoms. The summed E-state index contributed by atoms with van der Waals surface area (Å²) in [5, 5.41) is 2.71. The number of ether oxygens (including phenoxy) is 1. The number of carbonyl (C=O) groups excluding carboxylic acids is 1. The van der Waals surface area contributed by atoms with Crippen molar-refractivity contribution in [3.63, 3.8) is 0 Å². The van der Waals surface area contributed by atoms with Crippen molar-refractivity contribution < 1.29 is 17.9 Å². The van der Waals surface area contributed by atoms with Crippen LogP contribution >= 0.6 is 15.9 Å². The molecule has 0 aliphatic rings. The third-order valence-corrected chi connectivity index (χ3v) is 3.92. The minimum absolute atomic E-state index is 0.252. The number of benzene rings is 2. The zero-order valence-corrected chi connectivity index (χ0v) is 14.9. The van der Waals surface area contributed by atoms with Crippen LogP contribution in [0, 0.1) is 0 Å². The number of methoxy groups -OCH3 is 1. The van der Waals surface area contributed by atoms with Gasteiger partial charge in [-0.25, -0.2) is 8.42 Å². The van der Waals surface area contributed by atoms with Gasteiger partial charge in [-0.15, -0.1) is 0 Å². The number of rotatable bonds is 5. The first-order valence-corrected chi connectivity index (χ1v) is 9.19. The Kier molecular flexibility index (Phi) is 5.27. The second-order valence-corrected chi connectivity index (χ2v) is 7.42. The SMILES string of the molecule is COc1ccc(NC(=O)c2cccc(Br)c2)cc1NS(C)(=O)=O. The lowest BCUT2D eigenvalue weighted by atomic mass is 10.2. The summed E-state index contributed by atoms with van der Waals surface area (Å²) in [4.78, 5) is 12.2. The monoisotopic (exact) mass is 398 g/mol. The molecule has 0 bridgehead atoms. The van der Waals surface area contributed by atoms with Crippen molar-refractivity contribution in [2.45, 2.75) is 0 Å². The number of sulfonamides is 1. The molecule has 0 aromatic heterocycles. The standard InChI is InChI=1S/C15H15BrN2O4S/c1-22-14-7-6-12(9-13(14)18-23(2,20)21)17-15(19)10-4-3-5-11(16)8-10/h3-9,18H,1-2H3,(H,17,19). The molecular formula is C15H15BrN2O4S. The molecule has 1 amide bonds. The number of nitrogens with one attached hydrogen (secondary N) is 2. The number of hydrogen-bond acceptors (Lipinski definition) is 4. The van der Waals surface area contributed by atoms with Crippen molar-refractivity contribution in [2.75, 3.05) is 23.4 Å². The van der Waals surface area contributed by atoms with Crippen molar-refractivity contribution >= 4 is 43.2 Å². The maximum atomic E-state index is 12.2. The first-order valence-electron chi connectivity index (χ1n) is 6.51. The van der Waals surface area contributed by atoms with Crippen LogP contribution in [0.4, 0.5) is 11.4 Å². The quantitative estimate of drug-likeness (QED) is 0.810. The molecule has 23 heavy (non-hydrogen) atoms. The highest BCUT2D eigenvalue weighted by Gasteiger charge is 2.11. The van der Waals surface area contributed by atoms with Gasteiger partial charge >= 0.3 is 0 Å². The van der Waals surface area contributed by atoms with E-state index in [1.165, 1.54) is 13.2 Å². The predicted octanol–water partition coefficient (Wildman–Crippen LogP) is 3.08. The van der Waals surface area contributed by atoms with Crippen LogP contribution in [0.1, 0.15) is 10.4 Å². The maximum absolute atomic E-state index is 12.2. The van der Waals surface area contributed by atoms with E-state index < -0.39 is 10.0 Å². The summed E-state index contributed by atoms with van der Waals surface area (Å²) in [5.41, 5.74) is 1.18. The van der Waals surface area contributed by atoms with E-state index in [1.807, 2.05) is 6.07 Å². The molecule has 0 spiro atoms. The van der Waals surface area contributed by atoms with Crippen molar-refractivity contribution in [3.8, 4) is 5.75 Å². The van der Waals surface area contributed by atoms with Gasteiger partial charge in [-0.05, 0) is 36.4 Å². The van der Waals surface area contributed by atoms with Crippen molar-refractivity contribution in [2.24, 2.45) is 0 Å². The lowest BCUT2D eigenvalue weighted by Crippen LogP contribution is -2.13. The van der Waals surface area contributed by atoms with E-state index in [1.54, 1.807) is 30.3 Å². The van der Waals surface area contributed by atoms with Gasteiger partial charge in [-0.2, -0.15) is 0 Å². The molecule has 0 aliphatic heterocycles. The summed E-state index contributed by atoms with van der Waals surface area (Å²) >= 11 is 3.31. The molecule has 2 N–H and O–H groups in total. The lowest BCUT2D eigenvalue weighted by molar-refractivity contribution is 0.102. The Hall–Kier alpha value is -2.06. The minimum Gasteiger partial charge on any atom is -0.495 e. The molecule has 2 aromatic carbocycles. The minimum atomic E-state index is -3.46. The Bertz CT molecular complexity index is 837. The first kappa shape index (κ1) is 17.3. The van der Waals surface area contributed by atoms with E-state index in [9.17, 15) is 13.2 Å². The summed E-state index contributed by atoms with van der Waals surface area (Å²) < 4.78 is 31.1. The molecular weight excluding hydrogens is 384 g/mol. The summed E-state index contributed by atoms with van der Waals surface area (Å²) in [6.45, 7) is 0. The number of carbonyl (C=O) groups is 1. The molecule has 0 saturated heterocycles. The number of hydrogen-bond donors (Lipinski definition) is 2. The Balaban J connectivity index is 2.26. The summed E-state index contributed by atoms with van der Waals surface area (Å²) in [5.74, 6) is 0.0534. The van der Waals surface area contributed by atoms with Gasteiger partial charge in [-0.1, -0.05) is 22.0 Å². The predicted molar refractivity (Wildman–Crippen MR) is 93.6 cm³/mol. The Morgan fingerprint density at radius 3 is 2.52 bits per heavy atom. The Morgan fingerprint density at radius 2 is 1.91 bits per heavy atom. The van der Waals surface area contributed by atoms with Gasteiger partial charge in [0.05, 0.1) is 19.1 Å². The fourth-order valence-electron chi connectivity index (χ4n) is 1.90. The van der Waals surface area contributed by atoms with Crippen LogP contribution < -0.4 is 14.8 Å². The zero-order valence-electron chi connectivity index (χ0n) is 12.5. The average Bonchev–Trinajstić information content (AvgIpc) is 2.46. The Morgan fingerprint density at radius 1 is 1.17 bits per heavy atom. The maximum Gasteiger partial charge on any atom is 0.255 e. The second-order valence-electron chi connectivity index (χ2n) is 4.75. The molecule has 0 aliphatic carbocycles. The highest BCUT2D eigenvalue weighted by molar-refractivity contribution is 9.10. The van der Waals surface area contributed by atoms with Gasteiger partial charge in [0.2, 0.25) is 10.0 Å². The third kappa shape index (κ3) is 4.97. The third-order valence-electron chi connectivity index (χ3n) is 2.84. The van der Waals surface area contributed by atoms with E-state index in [2.05, 4.69) is 26.0 Å². The second kappa shape index (κ2) is 7.01. The van der Waals surface area contributed by atoms with E-state index in [-0.39, 0.29) is 11.6 Å². The van der Waals surface area contributed by atoms with E-state index in [4.69, 9.17) is 4.74 Å². The normalized spacial score (nSPS) is 10.9. The van der Waals surface area contributed by atoms with Gasteiger partial charge < -0.3 is 10.1 Å². The molecule has 0 unspecified atom stereocenters. The zero-order chi connectivity index (χ0) is 17.0. The van der Waals surface area contributed by atoms with Gasteiger partial charge in [-0.3, -0.25) is 9.52 Å². The van der Waals surface area contributed by atoms with E-state index in [0.29, 0.717) is 17.0 Å².